The molecule has 2 aromatic carbocycles. The van der Waals surface area contributed by atoms with Gasteiger partial charge in [0.05, 0.1) is 23.5 Å². The van der Waals surface area contributed by atoms with Crippen LogP contribution in [-0.2, 0) is 10.0 Å². The molecule has 0 spiro atoms. The Kier molecular flexibility index (Phi) is 6.66. The number of hydrogen-bond acceptors (Lipinski definition) is 7. The van der Waals surface area contributed by atoms with Crippen molar-refractivity contribution in [3.63, 3.8) is 0 Å². The van der Waals surface area contributed by atoms with Gasteiger partial charge in [0.25, 0.3) is 5.69 Å². The fraction of sp³-hybridized carbons (Fsp3) is 0.368. The molecule has 1 atom stereocenters. The van der Waals surface area contributed by atoms with Gasteiger partial charge < -0.3 is 9.47 Å². The van der Waals surface area contributed by atoms with E-state index >= 15 is 0 Å². The van der Waals surface area contributed by atoms with Gasteiger partial charge in [0.2, 0.25) is 10.0 Å². The lowest BCUT2D eigenvalue weighted by Gasteiger charge is -2.25. The number of hydrogen-bond donors (Lipinski definition) is 0. The number of non-ortho nitro benzene ring substituents is 1. The minimum atomic E-state index is -3.88. The summed E-state index contributed by atoms with van der Waals surface area (Å²) in [6, 6.07) is 10.7. The van der Waals surface area contributed by atoms with Gasteiger partial charge in [-0.2, -0.15) is 4.31 Å². The number of nitro benzene ring substituents is 1. The molecular formula is C19H22N2O6S2. The molecule has 0 saturated carbocycles. The van der Waals surface area contributed by atoms with Crippen LogP contribution in [-0.4, -0.2) is 43.2 Å². The van der Waals surface area contributed by atoms with Crippen molar-refractivity contribution in [1.82, 2.24) is 4.31 Å². The lowest BCUT2D eigenvalue weighted by atomic mass is 10.2. The Balaban J connectivity index is 1.99. The zero-order valence-electron chi connectivity index (χ0n) is 16.1. The van der Waals surface area contributed by atoms with E-state index < -0.39 is 20.3 Å². The Hall–Kier alpha value is -2.30. The molecule has 0 N–H and O–H groups in total. The van der Waals surface area contributed by atoms with E-state index in [1.54, 1.807) is 31.2 Å². The molecular weight excluding hydrogens is 416 g/mol. The molecule has 0 radical (unpaired) electrons. The average Bonchev–Trinajstić information content (AvgIpc) is 3.20. The van der Waals surface area contributed by atoms with Crippen LogP contribution in [0.5, 0.6) is 11.5 Å². The Labute approximate surface area is 174 Å². The van der Waals surface area contributed by atoms with Gasteiger partial charge in [-0.05, 0) is 43.7 Å². The van der Waals surface area contributed by atoms with Crippen molar-refractivity contribution < 1.29 is 22.8 Å². The van der Waals surface area contributed by atoms with Crippen LogP contribution in [0.1, 0.15) is 24.8 Å². The molecule has 156 valence electrons. The van der Waals surface area contributed by atoms with Crippen LogP contribution in [0.2, 0.25) is 0 Å². The number of rotatable bonds is 8. The van der Waals surface area contributed by atoms with Crippen molar-refractivity contribution in [2.75, 3.05) is 25.5 Å². The van der Waals surface area contributed by atoms with Gasteiger partial charge in [0.1, 0.15) is 16.4 Å². The van der Waals surface area contributed by atoms with Crippen molar-refractivity contribution in [2.45, 2.75) is 24.1 Å². The highest BCUT2D eigenvalue weighted by Crippen LogP contribution is 2.43. The molecule has 3 rings (SSSR count). The highest BCUT2D eigenvalue weighted by molar-refractivity contribution is 8.01. The van der Waals surface area contributed by atoms with E-state index in [1.165, 1.54) is 34.3 Å². The number of nitro groups is 1. The number of nitrogens with zero attached hydrogens (tertiary/aromatic N) is 2. The van der Waals surface area contributed by atoms with E-state index in [2.05, 4.69) is 0 Å². The van der Waals surface area contributed by atoms with Crippen LogP contribution in [0.15, 0.2) is 47.4 Å². The van der Waals surface area contributed by atoms with Crippen molar-refractivity contribution in [1.29, 1.82) is 0 Å². The number of ether oxygens (including phenoxy) is 2. The highest BCUT2D eigenvalue weighted by Gasteiger charge is 2.38. The summed E-state index contributed by atoms with van der Waals surface area (Å²) < 4.78 is 39.5. The molecule has 2 aromatic rings. The number of sulfonamides is 1. The number of benzene rings is 2. The summed E-state index contributed by atoms with van der Waals surface area (Å²) in [4.78, 5) is 10.5. The quantitative estimate of drug-likeness (QED) is 0.456. The standard InChI is InChI=1S/C19H22N2O6S2/c1-3-26-16-9-10-17(27-4-2)18(13-16)29(24,25)20-11-12-28-19(20)14-5-7-15(8-6-14)21(22)23/h5-10,13,19H,3-4,11-12H2,1-2H3. The SMILES string of the molecule is CCOc1ccc(OCC)c(S(=O)(=O)N2CCSC2c2ccc([N+](=O)[O-])cc2)c1. The smallest absolute Gasteiger partial charge is 0.269 e. The molecule has 10 heteroatoms. The zero-order chi connectivity index (χ0) is 21.0. The molecule has 1 aliphatic rings. The first kappa shape index (κ1) is 21.4. The molecule has 0 amide bonds. The molecule has 1 saturated heterocycles. The fourth-order valence-electron chi connectivity index (χ4n) is 3.07. The molecule has 1 unspecified atom stereocenters. The number of thioether (sulfide) groups is 1. The molecule has 0 aromatic heterocycles. The van der Waals surface area contributed by atoms with Gasteiger partial charge in [-0.15, -0.1) is 11.8 Å². The first-order valence-electron chi connectivity index (χ1n) is 9.16. The van der Waals surface area contributed by atoms with E-state index in [1.807, 2.05) is 6.92 Å². The third-order valence-corrected chi connectivity index (χ3v) is 7.63. The first-order chi connectivity index (χ1) is 13.9. The minimum Gasteiger partial charge on any atom is -0.494 e. The summed E-state index contributed by atoms with van der Waals surface area (Å²) in [5.41, 5.74) is 0.662. The van der Waals surface area contributed by atoms with Gasteiger partial charge in [-0.25, -0.2) is 8.42 Å². The summed E-state index contributed by atoms with van der Waals surface area (Å²) in [5, 5.41) is 10.4. The first-order valence-corrected chi connectivity index (χ1v) is 11.6. The third kappa shape index (κ3) is 4.49. The van der Waals surface area contributed by atoms with Crippen LogP contribution in [0.4, 0.5) is 5.69 Å². The van der Waals surface area contributed by atoms with E-state index in [0.29, 0.717) is 36.8 Å². The van der Waals surface area contributed by atoms with Gasteiger partial charge >= 0.3 is 0 Å². The second kappa shape index (κ2) is 9.02. The van der Waals surface area contributed by atoms with Crippen LogP contribution in [0.25, 0.3) is 0 Å². The van der Waals surface area contributed by atoms with Crippen molar-refractivity contribution in [3.8, 4) is 11.5 Å². The molecule has 1 fully saturated rings. The molecule has 0 aliphatic carbocycles. The molecule has 0 bridgehead atoms. The van der Waals surface area contributed by atoms with Gasteiger partial charge in [-0.3, -0.25) is 10.1 Å². The van der Waals surface area contributed by atoms with E-state index in [-0.39, 0.29) is 16.3 Å². The van der Waals surface area contributed by atoms with Crippen molar-refractivity contribution in [3.05, 3.63) is 58.1 Å². The second-order valence-electron chi connectivity index (χ2n) is 6.16. The predicted molar refractivity (Wildman–Crippen MR) is 111 cm³/mol. The maximum Gasteiger partial charge on any atom is 0.269 e. The van der Waals surface area contributed by atoms with Crippen molar-refractivity contribution in [2.24, 2.45) is 0 Å². The average molecular weight is 439 g/mol. The molecule has 29 heavy (non-hydrogen) atoms. The maximum atomic E-state index is 13.5. The van der Waals surface area contributed by atoms with Crippen LogP contribution >= 0.6 is 11.8 Å². The third-order valence-electron chi connectivity index (χ3n) is 4.35. The Morgan fingerprint density at radius 3 is 2.45 bits per heavy atom. The molecule has 1 aliphatic heterocycles. The second-order valence-corrected chi connectivity index (χ2v) is 9.21. The Morgan fingerprint density at radius 1 is 1.14 bits per heavy atom. The Morgan fingerprint density at radius 2 is 1.83 bits per heavy atom. The summed E-state index contributed by atoms with van der Waals surface area (Å²) in [6.07, 6.45) is 0. The normalized spacial score (nSPS) is 17.2. The summed E-state index contributed by atoms with van der Waals surface area (Å²) in [7, 11) is -3.88. The fourth-order valence-corrected chi connectivity index (χ4v) is 6.46. The lowest BCUT2D eigenvalue weighted by Crippen LogP contribution is -2.31. The van der Waals surface area contributed by atoms with Crippen LogP contribution in [0, 0.1) is 10.1 Å². The Bertz CT molecular complexity index is 979. The largest absolute Gasteiger partial charge is 0.494 e. The lowest BCUT2D eigenvalue weighted by molar-refractivity contribution is -0.384. The van der Waals surface area contributed by atoms with E-state index in [4.69, 9.17) is 9.47 Å². The zero-order valence-corrected chi connectivity index (χ0v) is 17.7. The summed E-state index contributed by atoms with van der Waals surface area (Å²) >= 11 is 1.48. The predicted octanol–water partition coefficient (Wildman–Crippen LogP) is 3.83. The van der Waals surface area contributed by atoms with E-state index in [0.717, 1.165) is 0 Å². The minimum absolute atomic E-state index is 0.0331. The highest BCUT2D eigenvalue weighted by atomic mass is 32.2. The van der Waals surface area contributed by atoms with Crippen LogP contribution < -0.4 is 9.47 Å². The summed E-state index contributed by atoms with van der Waals surface area (Å²) in [5.74, 6) is 1.35. The summed E-state index contributed by atoms with van der Waals surface area (Å²) in [6.45, 7) is 4.69. The monoisotopic (exact) mass is 438 g/mol. The van der Waals surface area contributed by atoms with Crippen molar-refractivity contribution >= 4 is 27.5 Å². The van der Waals surface area contributed by atoms with Crippen LogP contribution in [0.3, 0.4) is 0 Å². The molecule has 1 heterocycles. The van der Waals surface area contributed by atoms with Gasteiger partial charge in [0.15, 0.2) is 0 Å². The maximum absolute atomic E-state index is 13.5. The van der Waals surface area contributed by atoms with E-state index in [9.17, 15) is 18.5 Å². The topological polar surface area (TPSA) is 99.0 Å². The van der Waals surface area contributed by atoms with Gasteiger partial charge in [-0.1, -0.05) is 0 Å². The molecule has 8 nitrogen and oxygen atoms in total. The van der Waals surface area contributed by atoms with Gasteiger partial charge in [0, 0.05) is 30.5 Å².